The van der Waals surface area contributed by atoms with Crippen LogP contribution in [0.3, 0.4) is 0 Å². The smallest absolute Gasteiger partial charge is 0.414 e. The number of aliphatic carboxylic acids is 2. The molecule has 0 aliphatic heterocycles. The van der Waals surface area contributed by atoms with E-state index in [0.29, 0.717) is 17.8 Å². The van der Waals surface area contributed by atoms with Gasteiger partial charge >= 0.3 is 17.9 Å². The monoisotopic (exact) mass is 384 g/mol. The second kappa shape index (κ2) is 12.4. The van der Waals surface area contributed by atoms with Crippen LogP contribution in [0.4, 0.5) is 5.69 Å². The van der Waals surface area contributed by atoms with Gasteiger partial charge in [0, 0.05) is 25.2 Å². The summed E-state index contributed by atoms with van der Waals surface area (Å²) in [5.74, 6) is -4.40. The van der Waals surface area contributed by atoms with Gasteiger partial charge in [-0.1, -0.05) is 19.9 Å². The fourth-order valence-corrected chi connectivity index (χ4v) is 1.61. The number of carboxylic acids is 2. The molecule has 150 valence electrons. The van der Waals surface area contributed by atoms with Crippen LogP contribution >= 0.6 is 0 Å². The quantitative estimate of drug-likeness (QED) is 0.329. The van der Waals surface area contributed by atoms with E-state index >= 15 is 0 Å². The Morgan fingerprint density at radius 3 is 2.19 bits per heavy atom. The lowest BCUT2D eigenvalue weighted by Gasteiger charge is -2.14. The summed E-state index contributed by atoms with van der Waals surface area (Å²) in [5, 5.41) is 30.1. The van der Waals surface area contributed by atoms with Crippen molar-refractivity contribution in [3.8, 4) is 0 Å². The molecule has 5 N–H and O–H groups in total. The second-order valence-corrected chi connectivity index (χ2v) is 5.69. The van der Waals surface area contributed by atoms with Gasteiger partial charge in [0.2, 0.25) is 5.91 Å². The Labute approximate surface area is 156 Å². The van der Waals surface area contributed by atoms with Gasteiger partial charge in [-0.15, -0.1) is 0 Å². The highest BCUT2D eigenvalue weighted by Crippen LogP contribution is 2.11. The van der Waals surface area contributed by atoms with Crippen molar-refractivity contribution in [2.45, 2.75) is 32.9 Å². The zero-order valence-corrected chi connectivity index (χ0v) is 15.3. The summed E-state index contributed by atoms with van der Waals surface area (Å²) in [5.41, 5.74) is 0.851. The summed E-state index contributed by atoms with van der Waals surface area (Å²) in [6, 6.07) is 6.71. The molecular weight excluding hydrogens is 360 g/mol. The number of aliphatic hydroxyl groups is 1. The molecule has 0 spiro atoms. The van der Waals surface area contributed by atoms with Crippen molar-refractivity contribution < 1.29 is 39.2 Å². The van der Waals surface area contributed by atoms with Gasteiger partial charge in [-0.3, -0.25) is 4.79 Å². The topological polar surface area (TPSA) is 162 Å². The van der Waals surface area contributed by atoms with Crippen LogP contribution in [0.1, 0.15) is 31.1 Å². The summed E-state index contributed by atoms with van der Waals surface area (Å²) in [7, 11) is 0. The van der Waals surface area contributed by atoms with E-state index in [1.807, 2.05) is 13.8 Å². The molecule has 0 saturated heterocycles. The number of benzene rings is 1. The van der Waals surface area contributed by atoms with Crippen molar-refractivity contribution >= 4 is 29.5 Å². The normalized spacial score (nSPS) is 11.0. The number of aliphatic hydroxyl groups excluding tert-OH is 1. The number of rotatable bonds is 7. The Balaban J connectivity index is 0.000000972. The predicted octanol–water partition coefficient (Wildman–Crippen LogP) is 0.316. The van der Waals surface area contributed by atoms with Gasteiger partial charge in [0.1, 0.15) is 12.7 Å². The lowest BCUT2D eigenvalue weighted by atomic mass is 10.2. The molecule has 27 heavy (non-hydrogen) atoms. The molecule has 0 radical (unpaired) electrons. The number of amides is 1. The highest BCUT2D eigenvalue weighted by Gasteiger charge is 2.12. The zero-order chi connectivity index (χ0) is 21.0. The molecule has 1 aromatic carbocycles. The van der Waals surface area contributed by atoms with Gasteiger partial charge in [-0.05, 0) is 18.2 Å². The number of ether oxygens (including phenoxy) is 1. The number of carbonyl (C=O) groups excluding carboxylic acids is 2. The van der Waals surface area contributed by atoms with Gasteiger partial charge in [-0.25, -0.2) is 14.4 Å². The summed E-state index contributed by atoms with van der Waals surface area (Å²) >= 11 is 0. The van der Waals surface area contributed by atoms with E-state index < -0.39 is 24.0 Å². The van der Waals surface area contributed by atoms with E-state index in [0.717, 1.165) is 0 Å². The molecule has 0 saturated carbocycles. The summed E-state index contributed by atoms with van der Waals surface area (Å²) < 4.78 is 5.04. The lowest BCUT2D eigenvalue weighted by Crippen LogP contribution is -2.35. The Morgan fingerprint density at radius 1 is 1.11 bits per heavy atom. The lowest BCUT2D eigenvalue weighted by molar-refractivity contribution is -0.159. The molecule has 0 heterocycles. The van der Waals surface area contributed by atoms with Crippen LogP contribution < -0.4 is 10.6 Å². The largest absolute Gasteiger partial charge is 0.473 e. The van der Waals surface area contributed by atoms with Crippen molar-refractivity contribution in [2.24, 2.45) is 0 Å². The van der Waals surface area contributed by atoms with Crippen LogP contribution in [0.15, 0.2) is 24.3 Å². The molecule has 1 amide bonds. The summed E-state index contributed by atoms with van der Waals surface area (Å²) in [4.78, 5) is 41.0. The van der Waals surface area contributed by atoms with E-state index in [1.54, 1.807) is 18.2 Å². The molecule has 0 aromatic heterocycles. The average molecular weight is 384 g/mol. The number of hydrogen-bond donors (Lipinski definition) is 5. The van der Waals surface area contributed by atoms with Gasteiger partial charge in [0.15, 0.2) is 0 Å². The van der Waals surface area contributed by atoms with Crippen LogP contribution in [0.2, 0.25) is 0 Å². The highest BCUT2D eigenvalue weighted by molar-refractivity contribution is 6.27. The van der Waals surface area contributed by atoms with Crippen molar-refractivity contribution in [3.05, 3.63) is 29.8 Å². The van der Waals surface area contributed by atoms with E-state index in [9.17, 15) is 14.7 Å². The fourth-order valence-electron chi connectivity index (χ4n) is 1.61. The van der Waals surface area contributed by atoms with Gasteiger partial charge in [0.05, 0.1) is 5.56 Å². The number of carboxylic acid groups (broad SMARTS) is 2. The Bertz CT molecular complexity index is 648. The first-order chi connectivity index (χ1) is 12.5. The first-order valence-electron chi connectivity index (χ1n) is 7.95. The number of esters is 1. The van der Waals surface area contributed by atoms with Crippen LogP contribution in [-0.2, 0) is 19.1 Å². The molecule has 0 fully saturated rings. The van der Waals surface area contributed by atoms with Crippen LogP contribution in [0.5, 0.6) is 0 Å². The third-order valence-corrected chi connectivity index (χ3v) is 2.77. The third-order valence-electron chi connectivity index (χ3n) is 2.77. The zero-order valence-electron chi connectivity index (χ0n) is 15.3. The number of nitrogens with one attached hydrogen (secondary N) is 2. The molecule has 0 bridgehead atoms. The van der Waals surface area contributed by atoms with Crippen molar-refractivity contribution in [2.75, 3.05) is 18.5 Å². The molecular formula is C17H24N2O8. The SMILES string of the molecule is CC(=O)Nc1cccc(C(=O)OCC(O)CNC(C)C)c1.O=C(O)C(=O)O. The molecule has 1 rings (SSSR count). The predicted molar refractivity (Wildman–Crippen MR) is 95.4 cm³/mol. The Kier molecular flexibility index (Phi) is 11.0. The first kappa shape index (κ1) is 24.0. The third kappa shape index (κ3) is 12.1. The van der Waals surface area contributed by atoms with Crippen molar-refractivity contribution in [3.63, 3.8) is 0 Å². The van der Waals surface area contributed by atoms with Crippen molar-refractivity contribution in [1.82, 2.24) is 5.32 Å². The van der Waals surface area contributed by atoms with E-state index in [4.69, 9.17) is 24.5 Å². The molecule has 10 nitrogen and oxygen atoms in total. The number of hydrogen-bond acceptors (Lipinski definition) is 7. The molecule has 0 aliphatic rings. The van der Waals surface area contributed by atoms with Gasteiger partial charge in [-0.2, -0.15) is 0 Å². The van der Waals surface area contributed by atoms with E-state index in [1.165, 1.54) is 13.0 Å². The van der Waals surface area contributed by atoms with Crippen LogP contribution in [0, 0.1) is 0 Å². The second-order valence-electron chi connectivity index (χ2n) is 5.69. The number of carbonyl (C=O) groups is 4. The average Bonchev–Trinajstić information content (AvgIpc) is 2.57. The Hall–Kier alpha value is -2.98. The Morgan fingerprint density at radius 2 is 1.70 bits per heavy atom. The van der Waals surface area contributed by atoms with Gasteiger partial charge < -0.3 is 30.7 Å². The van der Waals surface area contributed by atoms with Crippen LogP contribution in [0.25, 0.3) is 0 Å². The maximum absolute atomic E-state index is 11.9. The first-order valence-corrected chi connectivity index (χ1v) is 7.95. The minimum Gasteiger partial charge on any atom is -0.473 e. The standard InChI is InChI=1S/C15H22N2O4.C2H2O4/c1-10(2)16-8-14(19)9-21-15(20)12-5-4-6-13(7-12)17-11(3)18;3-1(4)2(5)6/h4-7,10,14,16,19H,8-9H2,1-3H3,(H,17,18);(H,3,4)(H,5,6). The minimum atomic E-state index is -1.82. The van der Waals surface area contributed by atoms with E-state index in [-0.39, 0.29) is 18.6 Å². The maximum atomic E-state index is 11.9. The van der Waals surface area contributed by atoms with E-state index in [2.05, 4.69) is 10.6 Å². The van der Waals surface area contributed by atoms with Crippen molar-refractivity contribution in [1.29, 1.82) is 0 Å². The van der Waals surface area contributed by atoms with Gasteiger partial charge in [0.25, 0.3) is 0 Å². The molecule has 1 aromatic rings. The summed E-state index contributed by atoms with van der Waals surface area (Å²) in [6.45, 7) is 5.60. The molecule has 1 unspecified atom stereocenters. The summed E-state index contributed by atoms with van der Waals surface area (Å²) in [6.07, 6.45) is -0.755. The molecule has 1 atom stereocenters. The molecule has 10 heteroatoms. The highest BCUT2D eigenvalue weighted by atomic mass is 16.5. The maximum Gasteiger partial charge on any atom is 0.414 e. The fraction of sp³-hybridized carbons (Fsp3) is 0.412. The number of anilines is 1. The van der Waals surface area contributed by atoms with Crippen LogP contribution in [-0.4, -0.2) is 64.4 Å². The molecule has 0 aliphatic carbocycles. The minimum absolute atomic E-state index is 0.0804.